The first-order valence-corrected chi connectivity index (χ1v) is 8.76. The number of ether oxygens (including phenoxy) is 1. The first-order valence-electron chi connectivity index (χ1n) is 7.23. The molecule has 0 bridgehead atoms. The number of alkyl halides is 1. The molecule has 5 nitrogen and oxygen atoms in total. The van der Waals surface area contributed by atoms with E-state index in [-0.39, 0.29) is 22.2 Å². The van der Waals surface area contributed by atoms with Crippen molar-refractivity contribution in [2.24, 2.45) is 0 Å². The number of ketones is 1. The molecular formula is C16H20F2INO4. The van der Waals surface area contributed by atoms with Crippen molar-refractivity contribution < 1.29 is 28.2 Å². The number of halogens is 3. The van der Waals surface area contributed by atoms with Crippen molar-refractivity contribution in [2.45, 2.75) is 44.9 Å². The van der Waals surface area contributed by atoms with E-state index in [0.29, 0.717) is 0 Å². The summed E-state index contributed by atoms with van der Waals surface area (Å²) >= 11 is 1.84. The van der Waals surface area contributed by atoms with Gasteiger partial charge in [-0.3, -0.25) is 4.79 Å². The second kappa shape index (κ2) is 8.70. The molecule has 0 aliphatic heterocycles. The van der Waals surface area contributed by atoms with E-state index in [4.69, 9.17) is 4.74 Å². The van der Waals surface area contributed by atoms with Gasteiger partial charge in [0.05, 0.1) is 10.5 Å². The Morgan fingerprint density at radius 3 is 2.50 bits per heavy atom. The fraction of sp³-hybridized carbons (Fsp3) is 0.500. The van der Waals surface area contributed by atoms with E-state index in [0.717, 1.165) is 18.2 Å². The van der Waals surface area contributed by atoms with Crippen LogP contribution in [0.15, 0.2) is 18.2 Å². The SMILES string of the molecule is CC(C)(C)OC(=O)N[C@@H](CC(=O)CI)[C@H](O)c1cc(F)ccc1F. The second-order valence-electron chi connectivity index (χ2n) is 6.24. The number of carbonyl (C=O) groups excluding carboxylic acids is 2. The monoisotopic (exact) mass is 455 g/mol. The molecule has 8 heteroatoms. The van der Waals surface area contributed by atoms with E-state index in [1.54, 1.807) is 20.8 Å². The number of aliphatic hydroxyl groups excluding tert-OH is 1. The van der Waals surface area contributed by atoms with Crippen molar-refractivity contribution >= 4 is 34.5 Å². The van der Waals surface area contributed by atoms with Crippen molar-refractivity contribution in [1.82, 2.24) is 5.32 Å². The number of aliphatic hydroxyl groups is 1. The van der Waals surface area contributed by atoms with Crippen LogP contribution in [0.25, 0.3) is 0 Å². The maximum absolute atomic E-state index is 13.9. The highest BCUT2D eigenvalue weighted by atomic mass is 127. The largest absolute Gasteiger partial charge is 0.444 e. The molecule has 0 unspecified atom stereocenters. The number of alkyl carbamates (subject to hydrolysis) is 1. The van der Waals surface area contributed by atoms with Crippen LogP contribution in [-0.4, -0.2) is 33.1 Å². The molecule has 0 radical (unpaired) electrons. The highest BCUT2D eigenvalue weighted by molar-refractivity contribution is 14.1. The molecule has 1 rings (SSSR count). The Morgan fingerprint density at radius 1 is 1.33 bits per heavy atom. The predicted molar refractivity (Wildman–Crippen MR) is 93.0 cm³/mol. The molecule has 0 spiro atoms. The maximum Gasteiger partial charge on any atom is 0.407 e. The zero-order valence-corrected chi connectivity index (χ0v) is 15.8. The Morgan fingerprint density at radius 2 is 1.96 bits per heavy atom. The minimum absolute atomic E-state index is 0.155. The molecule has 1 amide bonds. The van der Waals surface area contributed by atoms with E-state index in [1.165, 1.54) is 0 Å². The van der Waals surface area contributed by atoms with Gasteiger partial charge < -0.3 is 15.2 Å². The summed E-state index contributed by atoms with van der Waals surface area (Å²) in [5, 5.41) is 12.7. The Bertz CT molecular complexity index is 604. The van der Waals surface area contributed by atoms with Gasteiger partial charge in [0.2, 0.25) is 0 Å². The lowest BCUT2D eigenvalue weighted by Gasteiger charge is -2.26. The summed E-state index contributed by atoms with van der Waals surface area (Å²) in [6.07, 6.45) is -2.69. The molecule has 2 N–H and O–H groups in total. The van der Waals surface area contributed by atoms with Crippen LogP contribution >= 0.6 is 22.6 Å². The average molecular weight is 455 g/mol. The number of hydrogen-bond acceptors (Lipinski definition) is 4. The van der Waals surface area contributed by atoms with Gasteiger partial charge in [-0.15, -0.1) is 0 Å². The lowest BCUT2D eigenvalue weighted by molar-refractivity contribution is -0.117. The van der Waals surface area contributed by atoms with Crippen LogP contribution in [0.1, 0.15) is 38.9 Å². The second-order valence-corrected chi connectivity index (χ2v) is 7.00. The topological polar surface area (TPSA) is 75.6 Å². The Balaban J connectivity index is 3.01. The first kappa shape index (κ1) is 20.8. The molecule has 1 aromatic rings. The molecule has 24 heavy (non-hydrogen) atoms. The Hall–Kier alpha value is -1.29. The molecule has 0 saturated heterocycles. The number of rotatable bonds is 6. The smallest absolute Gasteiger partial charge is 0.407 e. The quantitative estimate of drug-likeness (QED) is 0.510. The third-order valence-electron chi connectivity index (χ3n) is 2.96. The van der Waals surface area contributed by atoms with Gasteiger partial charge in [-0.1, -0.05) is 22.6 Å². The van der Waals surface area contributed by atoms with E-state index in [2.05, 4.69) is 5.32 Å². The van der Waals surface area contributed by atoms with Crippen LogP contribution in [0.5, 0.6) is 0 Å². The van der Waals surface area contributed by atoms with E-state index in [1.807, 2.05) is 22.6 Å². The van der Waals surface area contributed by atoms with Gasteiger partial charge >= 0.3 is 6.09 Å². The Labute approximate surface area is 152 Å². The number of nitrogens with one attached hydrogen (secondary N) is 1. The third kappa shape index (κ3) is 6.68. The lowest BCUT2D eigenvalue weighted by Crippen LogP contribution is -2.43. The standard InChI is InChI=1S/C16H20F2INO4/c1-16(2,3)24-15(23)20-13(7-10(21)8-19)14(22)11-6-9(17)4-5-12(11)18/h4-6,13-14,22H,7-8H2,1-3H3,(H,20,23)/t13-,14+/m0/s1. The van der Waals surface area contributed by atoms with E-state index >= 15 is 0 Å². The number of carbonyl (C=O) groups is 2. The number of hydrogen-bond donors (Lipinski definition) is 2. The summed E-state index contributed by atoms with van der Waals surface area (Å²) in [5.74, 6) is -1.82. The molecule has 134 valence electrons. The van der Waals surface area contributed by atoms with Crippen molar-refractivity contribution in [3.8, 4) is 0 Å². The summed E-state index contributed by atoms with van der Waals surface area (Å²) in [6.45, 7) is 4.96. The minimum Gasteiger partial charge on any atom is -0.444 e. The first-order chi connectivity index (χ1) is 11.0. The van der Waals surface area contributed by atoms with Crippen LogP contribution in [0.3, 0.4) is 0 Å². The van der Waals surface area contributed by atoms with Gasteiger partial charge in [-0.2, -0.15) is 0 Å². The molecule has 2 atom stereocenters. The van der Waals surface area contributed by atoms with Gasteiger partial charge in [0, 0.05) is 12.0 Å². The molecule has 0 aliphatic rings. The molecule has 0 aromatic heterocycles. The zero-order chi connectivity index (χ0) is 18.5. The lowest BCUT2D eigenvalue weighted by atomic mass is 9.97. The highest BCUT2D eigenvalue weighted by Gasteiger charge is 2.29. The normalized spacial score (nSPS) is 14.0. The molecule has 0 saturated carbocycles. The third-order valence-corrected chi connectivity index (χ3v) is 3.81. The summed E-state index contributed by atoms with van der Waals surface area (Å²) in [5.41, 5.74) is -1.12. The predicted octanol–water partition coefficient (Wildman–Crippen LogP) is 3.29. The maximum atomic E-state index is 13.9. The molecule has 0 heterocycles. The van der Waals surface area contributed by atoms with Crippen molar-refractivity contribution in [1.29, 1.82) is 0 Å². The van der Waals surface area contributed by atoms with Gasteiger partial charge in [0.25, 0.3) is 0 Å². The van der Waals surface area contributed by atoms with E-state index in [9.17, 15) is 23.5 Å². The molecule has 0 aliphatic carbocycles. The number of Topliss-reactive ketones (excluding diaryl/α,β-unsaturated/α-hetero) is 1. The van der Waals surface area contributed by atoms with Gasteiger partial charge in [0.15, 0.2) is 0 Å². The summed E-state index contributed by atoms with van der Waals surface area (Å²) in [4.78, 5) is 23.6. The van der Waals surface area contributed by atoms with Gasteiger partial charge in [-0.25, -0.2) is 13.6 Å². The minimum atomic E-state index is -1.60. The van der Waals surface area contributed by atoms with Crippen molar-refractivity contribution in [3.63, 3.8) is 0 Å². The Kier molecular flexibility index (Phi) is 7.53. The van der Waals surface area contributed by atoms with Crippen LogP contribution in [0, 0.1) is 11.6 Å². The summed E-state index contributed by atoms with van der Waals surface area (Å²) < 4.78 is 32.4. The number of benzene rings is 1. The van der Waals surface area contributed by atoms with E-state index < -0.39 is 35.5 Å². The molecule has 0 fully saturated rings. The summed E-state index contributed by atoms with van der Waals surface area (Å²) in [6, 6.07) is 1.48. The van der Waals surface area contributed by atoms with Crippen molar-refractivity contribution in [2.75, 3.05) is 4.43 Å². The van der Waals surface area contributed by atoms with Crippen molar-refractivity contribution in [3.05, 3.63) is 35.4 Å². The molecular weight excluding hydrogens is 435 g/mol. The zero-order valence-electron chi connectivity index (χ0n) is 13.6. The molecule has 1 aromatic carbocycles. The van der Waals surface area contributed by atoms with Crippen LogP contribution in [-0.2, 0) is 9.53 Å². The average Bonchev–Trinajstić information content (AvgIpc) is 2.46. The van der Waals surface area contributed by atoms with Gasteiger partial charge in [0.1, 0.15) is 29.1 Å². The van der Waals surface area contributed by atoms with Crippen LogP contribution in [0.4, 0.5) is 13.6 Å². The number of amides is 1. The van der Waals surface area contributed by atoms with Crippen LogP contribution in [0.2, 0.25) is 0 Å². The fourth-order valence-electron chi connectivity index (χ4n) is 1.96. The van der Waals surface area contributed by atoms with Gasteiger partial charge in [-0.05, 0) is 39.0 Å². The fourth-order valence-corrected chi connectivity index (χ4v) is 2.27. The summed E-state index contributed by atoms with van der Waals surface area (Å²) in [7, 11) is 0. The highest BCUT2D eigenvalue weighted by Crippen LogP contribution is 2.24. The van der Waals surface area contributed by atoms with Crippen LogP contribution < -0.4 is 5.32 Å².